The lowest BCUT2D eigenvalue weighted by atomic mass is 10.2. The molecule has 9 heteroatoms. The molecule has 1 rings (SSSR count). The SMILES string of the molecule is CCOP(=O)(OCC)O/C(=C(/Cl)Br)c1ccc(Cl)cc1Cl. The minimum Gasteiger partial charge on any atom is -0.401 e. The zero-order chi connectivity index (χ0) is 16.0. The van der Waals surface area contributed by atoms with Gasteiger partial charge in [-0.15, -0.1) is 0 Å². The summed E-state index contributed by atoms with van der Waals surface area (Å²) in [5.41, 5.74) is 0.405. The Hall–Kier alpha value is 0.260. The third kappa shape index (κ3) is 5.76. The Morgan fingerprint density at radius 3 is 2.24 bits per heavy atom. The molecule has 0 N–H and O–H groups in total. The summed E-state index contributed by atoms with van der Waals surface area (Å²) < 4.78 is 28.0. The summed E-state index contributed by atoms with van der Waals surface area (Å²) in [6.07, 6.45) is 0. The van der Waals surface area contributed by atoms with Crippen LogP contribution < -0.4 is 0 Å². The van der Waals surface area contributed by atoms with Crippen molar-refractivity contribution in [3.8, 4) is 0 Å². The largest absolute Gasteiger partial charge is 0.530 e. The van der Waals surface area contributed by atoms with Gasteiger partial charge in [0.2, 0.25) is 0 Å². The second kappa shape index (κ2) is 8.78. The molecule has 0 aliphatic rings. The molecule has 0 aromatic heterocycles. The zero-order valence-corrected chi connectivity index (χ0v) is 16.0. The molecule has 0 saturated carbocycles. The molecule has 1 aromatic rings. The van der Waals surface area contributed by atoms with Gasteiger partial charge in [-0.3, -0.25) is 9.05 Å². The fourth-order valence-electron chi connectivity index (χ4n) is 1.38. The molecule has 21 heavy (non-hydrogen) atoms. The number of halogens is 4. The lowest BCUT2D eigenvalue weighted by molar-refractivity contribution is 0.159. The van der Waals surface area contributed by atoms with E-state index in [0.29, 0.717) is 10.6 Å². The van der Waals surface area contributed by atoms with Crippen LogP contribution in [0.5, 0.6) is 0 Å². The highest BCUT2D eigenvalue weighted by Crippen LogP contribution is 2.54. The van der Waals surface area contributed by atoms with Gasteiger partial charge in [0.1, 0.15) is 3.94 Å². The second-order valence-corrected chi connectivity index (χ2v) is 7.65. The number of benzene rings is 1. The number of phosphoric acid groups is 1. The minimum absolute atomic E-state index is 0.0450. The molecule has 0 atom stereocenters. The van der Waals surface area contributed by atoms with Crippen molar-refractivity contribution in [1.82, 2.24) is 0 Å². The van der Waals surface area contributed by atoms with E-state index < -0.39 is 7.82 Å². The van der Waals surface area contributed by atoms with Crippen molar-refractivity contribution in [3.05, 3.63) is 37.7 Å². The van der Waals surface area contributed by atoms with Crippen LogP contribution in [0.3, 0.4) is 0 Å². The van der Waals surface area contributed by atoms with E-state index in [2.05, 4.69) is 15.9 Å². The quantitative estimate of drug-likeness (QED) is 0.362. The summed E-state index contributed by atoms with van der Waals surface area (Å²) in [6, 6.07) is 4.71. The average Bonchev–Trinajstić information content (AvgIpc) is 2.37. The van der Waals surface area contributed by atoms with E-state index in [0.717, 1.165) is 0 Å². The van der Waals surface area contributed by atoms with Gasteiger partial charge in [-0.05, 0) is 48.0 Å². The van der Waals surface area contributed by atoms with Crippen LogP contribution in [0.2, 0.25) is 10.0 Å². The Kier molecular flexibility index (Phi) is 8.07. The van der Waals surface area contributed by atoms with E-state index >= 15 is 0 Å². The Balaban J connectivity index is 3.20. The molecule has 0 heterocycles. The first-order valence-corrected chi connectivity index (χ1v) is 9.31. The van der Waals surface area contributed by atoms with Gasteiger partial charge in [-0.2, -0.15) is 0 Å². The minimum atomic E-state index is -3.79. The van der Waals surface area contributed by atoms with Crippen LogP contribution in [0, 0.1) is 0 Å². The highest BCUT2D eigenvalue weighted by molar-refractivity contribution is 9.12. The van der Waals surface area contributed by atoms with Crippen molar-refractivity contribution in [1.29, 1.82) is 0 Å². The smallest absolute Gasteiger partial charge is 0.401 e. The first kappa shape index (κ1) is 19.3. The maximum absolute atomic E-state index is 12.4. The summed E-state index contributed by atoms with van der Waals surface area (Å²) >= 11 is 21.0. The van der Waals surface area contributed by atoms with Crippen molar-refractivity contribution in [2.24, 2.45) is 0 Å². The Labute approximate surface area is 147 Å². The first-order chi connectivity index (χ1) is 9.83. The van der Waals surface area contributed by atoms with Gasteiger partial charge in [0, 0.05) is 10.6 Å². The molecule has 0 aliphatic carbocycles. The summed E-state index contributed by atoms with van der Waals surface area (Å²) in [5.74, 6) is 0.0450. The van der Waals surface area contributed by atoms with Crippen molar-refractivity contribution in [2.45, 2.75) is 13.8 Å². The third-order valence-corrected chi connectivity index (χ3v) is 4.76. The molecular weight excluding hydrogens is 425 g/mol. The van der Waals surface area contributed by atoms with Crippen LogP contribution >= 0.6 is 58.6 Å². The first-order valence-electron chi connectivity index (χ1n) is 5.92. The predicted octanol–water partition coefficient (Wildman–Crippen LogP) is 6.45. The Bertz CT molecular complexity index is 566. The van der Waals surface area contributed by atoms with Crippen LogP contribution in [0.4, 0.5) is 0 Å². The van der Waals surface area contributed by atoms with E-state index in [-0.39, 0.29) is 27.9 Å². The molecule has 0 bridgehead atoms. The summed E-state index contributed by atoms with van der Waals surface area (Å²) in [7, 11) is -3.79. The van der Waals surface area contributed by atoms with Gasteiger partial charge in [-0.25, -0.2) is 4.57 Å². The van der Waals surface area contributed by atoms with E-state index in [4.69, 9.17) is 48.4 Å². The van der Waals surface area contributed by atoms with E-state index in [1.807, 2.05) is 0 Å². The molecule has 1 aromatic carbocycles. The molecule has 4 nitrogen and oxygen atoms in total. The Morgan fingerprint density at radius 1 is 1.24 bits per heavy atom. The van der Waals surface area contributed by atoms with Crippen LogP contribution in [0.25, 0.3) is 5.76 Å². The number of hydrogen-bond donors (Lipinski definition) is 0. The summed E-state index contributed by atoms with van der Waals surface area (Å²) in [6.45, 7) is 3.64. The Morgan fingerprint density at radius 2 is 1.81 bits per heavy atom. The lowest BCUT2D eigenvalue weighted by Crippen LogP contribution is -2.01. The van der Waals surface area contributed by atoms with Crippen LogP contribution in [0.15, 0.2) is 22.1 Å². The highest BCUT2D eigenvalue weighted by atomic mass is 79.9. The fourth-order valence-corrected chi connectivity index (χ4v) is 3.71. The van der Waals surface area contributed by atoms with Crippen molar-refractivity contribution in [3.63, 3.8) is 0 Å². The van der Waals surface area contributed by atoms with Crippen molar-refractivity contribution in [2.75, 3.05) is 13.2 Å². The van der Waals surface area contributed by atoms with Gasteiger partial charge in [-0.1, -0.05) is 34.8 Å². The van der Waals surface area contributed by atoms with Crippen molar-refractivity contribution >= 4 is 64.3 Å². The van der Waals surface area contributed by atoms with Gasteiger partial charge in [0.25, 0.3) is 0 Å². The summed E-state index contributed by atoms with van der Waals surface area (Å²) in [5, 5.41) is 0.737. The molecule has 0 aliphatic heterocycles. The number of rotatable bonds is 7. The fraction of sp³-hybridized carbons (Fsp3) is 0.333. The average molecular weight is 438 g/mol. The monoisotopic (exact) mass is 436 g/mol. The van der Waals surface area contributed by atoms with Crippen LogP contribution in [-0.2, 0) is 18.1 Å². The normalized spacial score (nSPS) is 13.0. The summed E-state index contributed by atoms with van der Waals surface area (Å²) in [4.78, 5) is 0. The van der Waals surface area contributed by atoms with Crippen LogP contribution in [0.1, 0.15) is 19.4 Å². The lowest BCUT2D eigenvalue weighted by Gasteiger charge is -2.20. The van der Waals surface area contributed by atoms with E-state index in [9.17, 15) is 4.57 Å². The molecule has 118 valence electrons. The standard InChI is InChI=1S/C12H13BrCl3O4P/c1-3-18-21(17,19-4-2)20-11(12(13)16)9-6-5-8(14)7-10(9)15/h5-7H,3-4H2,1-2H3/b12-11+. The number of phosphoric ester groups is 1. The van der Waals surface area contributed by atoms with E-state index in [1.54, 1.807) is 26.0 Å². The third-order valence-electron chi connectivity index (χ3n) is 2.12. The van der Waals surface area contributed by atoms with Crippen molar-refractivity contribution < 1.29 is 18.1 Å². The topological polar surface area (TPSA) is 44.8 Å². The molecule has 0 unspecified atom stereocenters. The second-order valence-electron chi connectivity index (χ2n) is 3.59. The molecule has 0 saturated heterocycles. The van der Waals surface area contributed by atoms with Gasteiger partial charge < -0.3 is 4.52 Å². The highest BCUT2D eigenvalue weighted by Gasteiger charge is 2.30. The van der Waals surface area contributed by atoms with Gasteiger partial charge >= 0.3 is 7.82 Å². The molecule has 0 spiro atoms. The molecule has 0 fully saturated rings. The zero-order valence-electron chi connectivity index (χ0n) is 11.2. The molecule has 0 radical (unpaired) electrons. The molecule has 0 amide bonds. The van der Waals surface area contributed by atoms with Gasteiger partial charge in [0.05, 0.1) is 18.2 Å². The molecular formula is C12H13BrCl3O4P. The predicted molar refractivity (Wildman–Crippen MR) is 90.1 cm³/mol. The number of hydrogen-bond acceptors (Lipinski definition) is 4. The van der Waals surface area contributed by atoms with E-state index in [1.165, 1.54) is 6.07 Å². The van der Waals surface area contributed by atoms with Crippen LogP contribution in [-0.4, -0.2) is 13.2 Å². The maximum Gasteiger partial charge on any atom is 0.530 e. The maximum atomic E-state index is 12.4. The van der Waals surface area contributed by atoms with Gasteiger partial charge in [0.15, 0.2) is 5.76 Å².